The molecule has 2 aromatic carbocycles. The summed E-state index contributed by atoms with van der Waals surface area (Å²) in [6, 6.07) is 13.8. The maximum atomic E-state index is 11.6. The van der Waals surface area contributed by atoms with Crippen molar-refractivity contribution in [3.05, 3.63) is 59.7 Å². The van der Waals surface area contributed by atoms with Crippen LogP contribution in [0.1, 0.15) is 27.6 Å². The van der Waals surface area contributed by atoms with Crippen LogP contribution in [0.25, 0.3) is 11.1 Å². The predicted molar refractivity (Wildman–Crippen MR) is 68.8 cm³/mol. The first kappa shape index (κ1) is 12.0. The van der Waals surface area contributed by atoms with Gasteiger partial charge in [-0.25, -0.2) is 4.79 Å². The van der Waals surface area contributed by atoms with Crippen LogP contribution in [0, 0.1) is 0 Å². The van der Waals surface area contributed by atoms with Gasteiger partial charge in [-0.1, -0.05) is 42.5 Å². The van der Waals surface area contributed by atoms with E-state index in [0.717, 1.165) is 5.56 Å². The first-order chi connectivity index (χ1) is 8.61. The molecule has 90 valence electrons. The molecule has 0 heterocycles. The molecule has 1 N–H and O–H groups in total. The predicted octanol–water partition coefficient (Wildman–Crippen LogP) is 3.25. The molecule has 3 nitrogen and oxygen atoms in total. The summed E-state index contributed by atoms with van der Waals surface area (Å²) in [5.41, 5.74) is 1.80. The molecular formula is C15H12O3. The quantitative estimate of drug-likeness (QED) is 0.838. The number of carboxylic acids is 1. The molecule has 0 saturated carbocycles. The Morgan fingerprint density at radius 1 is 0.889 bits per heavy atom. The third-order valence-electron chi connectivity index (χ3n) is 2.74. The maximum absolute atomic E-state index is 11.6. The Morgan fingerprint density at radius 3 is 2.06 bits per heavy atom. The molecule has 0 spiro atoms. The largest absolute Gasteiger partial charge is 0.478 e. The summed E-state index contributed by atoms with van der Waals surface area (Å²) in [5.74, 6) is -1.17. The number of hydrogen-bond acceptors (Lipinski definition) is 2. The van der Waals surface area contributed by atoms with Gasteiger partial charge in [0.15, 0.2) is 5.78 Å². The van der Waals surface area contributed by atoms with E-state index in [2.05, 4.69) is 0 Å². The summed E-state index contributed by atoms with van der Waals surface area (Å²) in [7, 11) is 0. The average molecular weight is 240 g/mol. The van der Waals surface area contributed by atoms with Gasteiger partial charge < -0.3 is 5.11 Å². The lowest BCUT2D eigenvalue weighted by Gasteiger charge is -2.10. The lowest BCUT2D eigenvalue weighted by Crippen LogP contribution is -2.05. The number of benzene rings is 2. The first-order valence-corrected chi connectivity index (χ1v) is 5.54. The summed E-state index contributed by atoms with van der Waals surface area (Å²) < 4.78 is 0. The van der Waals surface area contributed by atoms with E-state index in [1.165, 1.54) is 13.0 Å². The van der Waals surface area contributed by atoms with Crippen LogP contribution in [-0.2, 0) is 0 Å². The highest BCUT2D eigenvalue weighted by atomic mass is 16.4. The van der Waals surface area contributed by atoms with Crippen molar-refractivity contribution >= 4 is 11.8 Å². The van der Waals surface area contributed by atoms with Gasteiger partial charge in [0.25, 0.3) is 0 Å². The molecule has 0 aliphatic rings. The fourth-order valence-corrected chi connectivity index (χ4v) is 1.94. The van der Waals surface area contributed by atoms with E-state index in [1.807, 2.05) is 18.2 Å². The second-order valence-corrected chi connectivity index (χ2v) is 3.96. The number of carbonyl (C=O) groups excluding carboxylic acids is 1. The molecule has 2 rings (SSSR count). The zero-order valence-corrected chi connectivity index (χ0v) is 9.88. The van der Waals surface area contributed by atoms with E-state index >= 15 is 0 Å². The van der Waals surface area contributed by atoms with E-state index in [0.29, 0.717) is 11.1 Å². The molecule has 18 heavy (non-hydrogen) atoms. The first-order valence-electron chi connectivity index (χ1n) is 5.54. The topological polar surface area (TPSA) is 54.4 Å². The summed E-state index contributed by atoms with van der Waals surface area (Å²) in [5, 5.41) is 9.22. The number of rotatable bonds is 3. The van der Waals surface area contributed by atoms with Gasteiger partial charge in [0.05, 0.1) is 5.56 Å². The van der Waals surface area contributed by atoms with Crippen LogP contribution >= 0.6 is 0 Å². The highest BCUT2D eigenvalue weighted by molar-refractivity contribution is 6.07. The summed E-state index contributed by atoms with van der Waals surface area (Å²) in [4.78, 5) is 22.9. The number of hydrogen-bond donors (Lipinski definition) is 1. The fourth-order valence-electron chi connectivity index (χ4n) is 1.94. The standard InChI is InChI=1S/C15H12O3/c1-10(16)12-8-5-9-13(15(17)18)14(12)11-6-3-2-4-7-11/h2-9H,1H3,(H,17,18). The van der Waals surface area contributed by atoms with Crippen molar-refractivity contribution in [1.29, 1.82) is 0 Å². The Kier molecular flexibility index (Phi) is 3.24. The average Bonchev–Trinajstić information content (AvgIpc) is 2.38. The Labute approximate surface area is 105 Å². The second-order valence-electron chi connectivity index (χ2n) is 3.96. The SMILES string of the molecule is CC(=O)c1cccc(C(=O)O)c1-c1ccccc1. The molecule has 0 aromatic heterocycles. The van der Waals surface area contributed by atoms with E-state index in [4.69, 9.17) is 0 Å². The molecule has 0 aliphatic carbocycles. The van der Waals surface area contributed by atoms with Crippen LogP contribution < -0.4 is 0 Å². The van der Waals surface area contributed by atoms with Gasteiger partial charge in [0.1, 0.15) is 0 Å². The van der Waals surface area contributed by atoms with Crippen molar-refractivity contribution < 1.29 is 14.7 Å². The van der Waals surface area contributed by atoms with Crippen LogP contribution in [0.15, 0.2) is 48.5 Å². The fraction of sp³-hybridized carbons (Fsp3) is 0.0667. The number of carbonyl (C=O) groups is 2. The smallest absolute Gasteiger partial charge is 0.336 e. The van der Waals surface area contributed by atoms with Crippen molar-refractivity contribution in [2.45, 2.75) is 6.92 Å². The Bertz CT molecular complexity index is 568. The number of aromatic carboxylic acids is 1. The Hall–Kier alpha value is -2.42. The summed E-state index contributed by atoms with van der Waals surface area (Å²) in [6.45, 7) is 1.44. The third-order valence-corrected chi connectivity index (χ3v) is 2.74. The van der Waals surface area contributed by atoms with Crippen molar-refractivity contribution in [3.63, 3.8) is 0 Å². The molecule has 0 fully saturated rings. The summed E-state index contributed by atoms with van der Waals surface area (Å²) >= 11 is 0. The third kappa shape index (κ3) is 2.15. The molecule has 3 heteroatoms. The minimum absolute atomic E-state index is 0.142. The van der Waals surface area contributed by atoms with Crippen LogP contribution in [0.4, 0.5) is 0 Å². The summed E-state index contributed by atoms with van der Waals surface area (Å²) in [6.07, 6.45) is 0. The highest BCUT2D eigenvalue weighted by Crippen LogP contribution is 2.28. The van der Waals surface area contributed by atoms with Gasteiger partial charge in [-0.3, -0.25) is 4.79 Å². The monoisotopic (exact) mass is 240 g/mol. The Morgan fingerprint density at radius 2 is 1.50 bits per heavy atom. The minimum Gasteiger partial charge on any atom is -0.478 e. The molecule has 0 radical (unpaired) electrons. The van der Waals surface area contributed by atoms with E-state index in [1.54, 1.807) is 24.3 Å². The van der Waals surface area contributed by atoms with Crippen LogP contribution in [0.2, 0.25) is 0 Å². The molecule has 2 aromatic rings. The van der Waals surface area contributed by atoms with Crippen molar-refractivity contribution in [1.82, 2.24) is 0 Å². The number of Topliss-reactive ketones (excluding diaryl/α,β-unsaturated/α-hetero) is 1. The van der Waals surface area contributed by atoms with Gasteiger partial charge in [0, 0.05) is 11.1 Å². The number of carboxylic acid groups (broad SMARTS) is 1. The number of ketones is 1. The van der Waals surface area contributed by atoms with Crippen molar-refractivity contribution in [3.8, 4) is 11.1 Å². The Balaban J connectivity index is 2.77. The van der Waals surface area contributed by atoms with Gasteiger partial charge >= 0.3 is 5.97 Å². The van der Waals surface area contributed by atoms with Crippen LogP contribution in [0.5, 0.6) is 0 Å². The van der Waals surface area contributed by atoms with E-state index in [-0.39, 0.29) is 11.3 Å². The normalized spacial score (nSPS) is 10.1. The molecule has 0 atom stereocenters. The molecule has 0 amide bonds. The van der Waals surface area contributed by atoms with Crippen molar-refractivity contribution in [2.24, 2.45) is 0 Å². The highest BCUT2D eigenvalue weighted by Gasteiger charge is 2.17. The molecule has 0 bridgehead atoms. The zero-order chi connectivity index (χ0) is 13.1. The molecular weight excluding hydrogens is 228 g/mol. The van der Waals surface area contributed by atoms with Crippen LogP contribution in [-0.4, -0.2) is 16.9 Å². The maximum Gasteiger partial charge on any atom is 0.336 e. The molecule has 0 saturated heterocycles. The zero-order valence-electron chi connectivity index (χ0n) is 9.88. The van der Waals surface area contributed by atoms with Gasteiger partial charge in [-0.15, -0.1) is 0 Å². The van der Waals surface area contributed by atoms with Gasteiger partial charge in [0.2, 0.25) is 0 Å². The van der Waals surface area contributed by atoms with Gasteiger partial charge in [-0.2, -0.15) is 0 Å². The van der Waals surface area contributed by atoms with Crippen LogP contribution in [0.3, 0.4) is 0 Å². The van der Waals surface area contributed by atoms with Crippen molar-refractivity contribution in [2.75, 3.05) is 0 Å². The van der Waals surface area contributed by atoms with E-state index in [9.17, 15) is 14.7 Å². The molecule has 0 unspecified atom stereocenters. The lowest BCUT2D eigenvalue weighted by atomic mass is 9.92. The molecule has 0 aliphatic heterocycles. The lowest BCUT2D eigenvalue weighted by molar-refractivity contribution is 0.0697. The second kappa shape index (κ2) is 4.84. The minimum atomic E-state index is -1.03. The van der Waals surface area contributed by atoms with Gasteiger partial charge in [-0.05, 0) is 18.6 Å². The van der Waals surface area contributed by atoms with E-state index < -0.39 is 5.97 Å².